The average Bonchev–Trinajstić information content (AvgIpc) is 2.52. The van der Waals surface area contributed by atoms with Crippen LogP contribution in [-0.2, 0) is 14.3 Å². The summed E-state index contributed by atoms with van der Waals surface area (Å²) < 4.78 is 10.3. The molecule has 0 spiro atoms. The van der Waals surface area contributed by atoms with Crippen molar-refractivity contribution in [1.29, 1.82) is 0 Å². The fraction of sp³-hybridized carbons (Fsp3) is 0.471. The molecule has 0 saturated carbocycles. The highest BCUT2D eigenvalue weighted by molar-refractivity contribution is 5.94. The van der Waals surface area contributed by atoms with Crippen molar-refractivity contribution < 1.29 is 29.0 Å². The summed E-state index contributed by atoms with van der Waals surface area (Å²) >= 11 is 0. The second kappa shape index (κ2) is 9.02. The molecule has 0 heterocycles. The van der Waals surface area contributed by atoms with Crippen LogP contribution in [0.1, 0.15) is 37.0 Å². The van der Waals surface area contributed by atoms with E-state index >= 15 is 0 Å². The lowest BCUT2D eigenvalue weighted by Gasteiger charge is -2.25. The summed E-state index contributed by atoms with van der Waals surface area (Å²) in [5.74, 6) is -0.946. The molecule has 7 nitrogen and oxygen atoms in total. The highest BCUT2D eigenvalue weighted by Gasteiger charge is 2.34. The Labute approximate surface area is 141 Å². The summed E-state index contributed by atoms with van der Waals surface area (Å²) in [5, 5.41) is 11.6. The SMILES string of the molecule is COCC(C)(NC(=O)CCCOc1ccc(C(C)=O)cc1)C(=O)O. The maximum atomic E-state index is 11.8. The van der Waals surface area contributed by atoms with Crippen LogP contribution in [0.25, 0.3) is 0 Å². The molecule has 1 aromatic rings. The van der Waals surface area contributed by atoms with Gasteiger partial charge in [-0.1, -0.05) is 0 Å². The summed E-state index contributed by atoms with van der Waals surface area (Å²) in [6.45, 7) is 3.07. The summed E-state index contributed by atoms with van der Waals surface area (Å²) in [4.78, 5) is 34.2. The molecule has 0 aliphatic rings. The van der Waals surface area contributed by atoms with Gasteiger partial charge in [0.2, 0.25) is 5.91 Å². The lowest BCUT2D eigenvalue weighted by Crippen LogP contribution is -2.55. The van der Waals surface area contributed by atoms with E-state index in [-0.39, 0.29) is 24.7 Å². The van der Waals surface area contributed by atoms with Crippen molar-refractivity contribution in [3.8, 4) is 5.75 Å². The Balaban J connectivity index is 2.37. The Kier molecular flexibility index (Phi) is 7.38. The molecule has 0 aliphatic heterocycles. The average molecular weight is 337 g/mol. The molecule has 1 rings (SSSR count). The number of aliphatic carboxylic acids is 1. The molecule has 24 heavy (non-hydrogen) atoms. The first-order valence-electron chi connectivity index (χ1n) is 7.55. The lowest BCUT2D eigenvalue weighted by atomic mass is 10.0. The first kappa shape index (κ1) is 19.6. The monoisotopic (exact) mass is 337 g/mol. The molecule has 2 N–H and O–H groups in total. The Morgan fingerprint density at radius 2 is 1.83 bits per heavy atom. The third-order valence-electron chi connectivity index (χ3n) is 3.40. The number of ketones is 1. The topological polar surface area (TPSA) is 102 Å². The van der Waals surface area contributed by atoms with E-state index in [1.54, 1.807) is 24.3 Å². The first-order chi connectivity index (χ1) is 11.3. The van der Waals surface area contributed by atoms with Crippen molar-refractivity contribution in [3.63, 3.8) is 0 Å². The smallest absolute Gasteiger partial charge is 0.331 e. The number of ether oxygens (including phenoxy) is 2. The number of methoxy groups -OCH3 is 1. The van der Waals surface area contributed by atoms with Gasteiger partial charge in [-0.05, 0) is 44.5 Å². The quantitative estimate of drug-likeness (QED) is 0.497. The van der Waals surface area contributed by atoms with Gasteiger partial charge in [-0.25, -0.2) is 4.79 Å². The van der Waals surface area contributed by atoms with Gasteiger partial charge in [-0.3, -0.25) is 9.59 Å². The van der Waals surface area contributed by atoms with Gasteiger partial charge in [0.15, 0.2) is 11.3 Å². The van der Waals surface area contributed by atoms with Crippen LogP contribution in [0, 0.1) is 0 Å². The molecule has 132 valence electrons. The number of carbonyl (C=O) groups excluding carboxylic acids is 2. The number of amides is 1. The zero-order valence-electron chi connectivity index (χ0n) is 14.1. The van der Waals surface area contributed by atoms with Crippen molar-refractivity contribution >= 4 is 17.7 Å². The van der Waals surface area contributed by atoms with E-state index in [1.165, 1.54) is 21.0 Å². The van der Waals surface area contributed by atoms with E-state index in [4.69, 9.17) is 14.6 Å². The van der Waals surface area contributed by atoms with Crippen LogP contribution in [-0.4, -0.2) is 48.6 Å². The minimum absolute atomic E-state index is 0.0178. The minimum Gasteiger partial charge on any atom is -0.494 e. The van der Waals surface area contributed by atoms with Gasteiger partial charge in [0, 0.05) is 19.1 Å². The van der Waals surface area contributed by atoms with Crippen LogP contribution >= 0.6 is 0 Å². The van der Waals surface area contributed by atoms with Crippen LogP contribution in [0.5, 0.6) is 5.75 Å². The summed E-state index contributed by atoms with van der Waals surface area (Å²) in [5.41, 5.74) is -0.845. The fourth-order valence-corrected chi connectivity index (χ4v) is 2.02. The first-order valence-corrected chi connectivity index (χ1v) is 7.55. The minimum atomic E-state index is -1.45. The summed E-state index contributed by atoms with van der Waals surface area (Å²) in [6.07, 6.45) is 0.571. The van der Waals surface area contributed by atoms with E-state index in [1.807, 2.05) is 0 Å². The molecule has 0 aromatic heterocycles. The molecule has 1 amide bonds. The van der Waals surface area contributed by atoms with Gasteiger partial charge in [-0.15, -0.1) is 0 Å². The molecule has 1 atom stereocenters. The van der Waals surface area contributed by atoms with Crippen molar-refractivity contribution in [1.82, 2.24) is 5.32 Å². The van der Waals surface area contributed by atoms with Gasteiger partial charge in [-0.2, -0.15) is 0 Å². The Morgan fingerprint density at radius 1 is 1.21 bits per heavy atom. The van der Waals surface area contributed by atoms with Crippen molar-refractivity contribution in [2.24, 2.45) is 0 Å². The van der Waals surface area contributed by atoms with Crippen LogP contribution in [0.4, 0.5) is 0 Å². The molecule has 0 aliphatic carbocycles. The van der Waals surface area contributed by atoms with E-state index in [0.29, 0.717) is 24.3 Å². The molecule has 0 fully saturated rings. The number of hydrogen-bond acceptors (Lipinski definition) is 5. The van der Waals surface area contributed by atoms with Gasteiger partial charge < -0.3 is 19.9 Å². The molecule has 1 unspecified atom stereocenters. The fourth-order valence-electron chi connectivity index (χ4n) is 2.02. The predicted octanol–water partition coefficient (Wildman–Crippen LogP) is 1.65. The number of carbonyl (C=O) groups is 3. The van der Waals surface area contributed by atoms with Gasteiger partial charge in [0.25, 0.3) is 0 Å². The van der Waals surface area contributed by atoms with Gasteiger partial charge in [0.1, 0.15) is 5.75 Å². The van der Waals surface area contributed by atoms with E-state index < -0.39 is 11.5 Å². The lowest BCUT2D eigenvalue weighted by molar-refractivity contribution is -0.149. The Morgan fingerprint density at radius 3 is 2.33 bits per heavy atom. The van der Waals surface area contributed by atoms with Crippen molar-refractivity contribution in [2.75, 3.05) is 20.3 Å². The van der Waals surface area contributed by atoms with Crippen LogP contribution in [0.2, 0.25) is 0 Å². The Bertz CT molecular complexity index is 583. The van der Waals surface area contributed by atoms with Crippen molar-refractivity contribution in [2.45, 2.75) is 32.2 Å². The van der Waals surface area contributed by atoms with E-state index in [9.17, 15) is 14.4 Å². The molecular weight excluding hydrogens is 314 g/mol. The number of carboxylic acid groups (broad SMARTS) is 1. The molecule has 0 bridgehead atoms. The molecule has 0 saturated heterocycles. The Hall–Kier alpha value is -2.41. The van der Waals surface area contributed by atoms with Crippen LogP contribution in [0.15, 0.2) is 24.3 Å². The van der Waals surface area contributed by atoms with Crippen molar-refractivity contribution in [3.05, 3.63) is 29.8 Å². The summed E-state index contributed by atoms with van der Waals surface area (Å²) in [6, 6.07) is 6.73. The number of nitrogens with one attached hydrogen (secondary N) is 1. The standard InChI is InChI=1S/C17H23NO6/c1-12(19)13-6-8-14(9-7-13)24-10-4-5-15(20)18-17(2,11-23-3)16(21)22/h6-9H,4-5,10-11H2,1-3H3,(H,18,20)(H,21,22). The largest absolute Gasteiger partial charge is 0.494 e. The third kappa shape index (κ3) is 6.00. The normalized spacial score (nSPS) is 13.0. The molecule has 7 heteroatoms. The molecule has 0 radical (unpaired) electrons. The van der Waals surface area contributed by atoms with Gasteiger partial charge >= 0.3 is 5.97 Å². The van der Waals surface area contributed by atoms with Crippen LogP contribution < -0.4 is 10.1 Å². The highest BCUT2D eigenvalue weighted by Crippen LogP contribution is 2.13. The highest BCUT2D eigenvalue weighted by atomic mass is 16.5. The summed E-state index contributed by atoms with van der Waals surface area (Å²) in [7, 11) is 1.37. The zero-order chi connectivity index (χ0) is 18.2. The second-order valence-corrected chi connectivity index (χ2v) is 5.65. The number of hydrogen-bond donors (Lipinski definition) is 2. The number of Topliss-reactive ketones (excluding diaryl/α,β-unsaturated/α-hetero) is 1. The maximum absolute atomic E-state index is 11.8. The van der Waals surface area contributed by atoms with Gasteiger partial charge in [0.05, 0.1) is 13.2 Å². The second-order valence-electron chi connectivity index (χ2n) is 5.65. The predicted molar refractivity (Wildman–Crippen MR) is 87.2 cm³/mol. The number of rotatable bonds is 10. The molecular formula is C17H23NO6. The van der Waals surface area contributed by atoms with Crippen LogP contribution in [0.3, 0.4) is 0 Å². The van der Waals surface area contributed by atoms with E-state index in [2.05, 4.69) is 5.32 Å². The number of benzene rings is 1. The number of carboxylic acids is 1. The third-order valence-corrected chi connectivity index (χ3v) is 3.40. The molecule has 1 aromatic carbocycles. The zero-order valence-corrected chi connectivity index (χ0v) is 14.1. The van der Waals surface area contributed by atoms with E-state index in [0.717, 1.165) is 0 Å². The maximum Gasteiger partial charge on any atom is 0.331 e.